The third-order valence-electron chi connectivity index (χ3n) is 3.13. The van der Waals surface area contributed by atoms with Crippen molar-refractivity contribution < 1.29 is 9.18 Å². The number of thiazole rings is 1. The SMILES string of the molecule is Cc1ccc(F)c(C(=O)Nc2nc3ccc(C)cc3s2)c1. The lowest BCUT2D eigenvalue weighted by Crippen LogP contribution is -2.13. The Morgan fingerprint density at radius 3 is 2.67 bits per heavy atom. The molecule has 1 N–H and O–H groups in total. The fraction of sp³-hybridized carbons (Fsp3) is 0.125. The molecule has 0 aliphatic heterocycles. The normalized spacial score (nSPS) is 10.8. The van der Waals surface area contributed by atoms with Crippen LogP contribution in [0.4, 0.5) is 9.52 Å². The number of carbonyl (C=O) groups excluding carboxylic acids is 1. The molecule has 3 rings (SSSR count). The van der Waals surface area contributed by atoms with Crippen LogP contribution in [0.25, 0.3) is 10.2 Å². The highest BCUT2D eigenvalue weighted by Gasteiger charge is 2.14. The van der Waals surface area contributed by atoms with Crippen LogP contribution in [0.5, 0.6) is 0 Å². The van der Waals surface area contributed by atoms with Crippen LogP contribution in [0.2, 0.25) is 0 Å². The quantitative estimate of drug-likeness (QED) is 0.766. The first kappa shape index (κ1) is 13.7. The molecule has 0 bridgehead atoms. The molecule has 0 spiro atoms. The molecule has 0 saturated heterocycles. The average Bonchev–Trinajstić information content (AvgIpc) is 2.82. The van der Waals surface area contributed by atoms with E-state index in [9.17, 15) is 9.18 Å². The van der Waals surface area contributed by atoms with E-state index in [2.05, 4.69) is 10.3 Å². The molecule has 0 fully saturated rings. The standard InChI is InChI=1S/C16H13FN2OS/c1-9-3-5-12(17)11(7-9)15(20)19-16-18-13-6-4-10(2)8-14(13)21-16/h3-8H,1-2H3,(H,18,19,20). The zero-order valence-electron chi connectivity index (χ0n) is 11.6. The van der Waals surface area contributed by atoms with Crippen molar-refractivity contribution in [2.75, 3.05) is 5.32 Å². The van der Waals surface area contributed by atoms with Crippen molar-refractivity contribution in [3.63, 3.8) is 0 Å². The van der Waals surface area contributed by atoms with Gasteiger partial charge in [-0.25, -0.2) is 9.37 Å². The summed E-state index contributed by atoms with van der Waals surface area (Å²) in [4.78, 5) is 16.5. The van der Waals surface area contributed by atoms with Crippen molar-refractivity contribution in [2.45, 2.75) is 13.8 Å². The third-order valence-corrected chi connectivity index (χ3v) is 4.06. The van der Waals surface area contributed by atoms with Gasteiger partial charge < -0.3 is 0 Å². The van der Waals surface area contributed by atoms with Gasteiger partial charge in [-0.3, -0.25) is 10.1 Å². The smallest absolute Gasteiger partial charge is 0.260 e. The summed E-state index contributed by atoms with van der Waals surface area (Å²) < 4.78 is 14.7. The monoisotopic (exact) mass is 300 g/mol. The van der Waals surface area contributed by atoms with Crippen LogP contribution >= 0.6 is 11.3 Å². The average molecular weight is 300 g/mol. The number of aryl methyl sites for hydroxylation is 2. The molecule has 2 aromatic carbocycles. The minimum absolute atomic E-state index is 0.0328. The van der Waals surface area contributed by atoms with Crippen molar-refractivity contribution in [1.29, 1.82) is 0 Å². The molecule has 3 nitrogen and oxygen atoms in total. The molecular formula is C16H13FN2OS. The number of amides is 1. The van der Waals surface area contributed by atoms with Crippen molar-refractivity contribution in [3.05, 3.63) is 58.9 Å². The number of benzene rings is 2. The lowest BCUT2D eigenvalue weighted by atomic mass is 10.1. The topological polar surface area (TPSA) is 42.0 Å². The van der Waals surface area contributed by atoms with Crippen LogP contribution in [0.15, 0.2) is 36.4 Å². The first-order chi connectivity index (χ1) is 10.0. The molecule has 106 valence electrons. The summed E-state index contributed by atoms with van der Waals surface area (Å²) in [7, 11) is 0. The van der Waals surface area contributed by atoms with E-state index in [0.717, 1.165) is 21.3 Å². The number of aromatic nitrogens is 1. The van der Waals surface area contributed by atoms with Gasteiger partial charge in [0.05, 0.1) is 15.8 Å². The minimum Gasteiger partial charge on any atom is -0.298 e. The molecule has 0 radical (unpaired) electrons. The van der Waals surface area contributed by atoms with Gasteiger partial charge in [0.2, 0.25) is 0 Å². The Morgan fingerprint density at radius 1 is 1.14 bits per heavy atom. The third kappa shape index (κ3) is 2.78. The van der Waals surface area contributed by atoms with Crippen molar-refractivity contribution >= 4 is 32.6 Å². The van der Waals surface area contributed by atoms with Gasteiger partial charge in [-0.1, -0.05) is 29.0 Å². The molecule has 1 amide bonds. The van der Waals surface area contributed by atoms with E-state index in [1.807, 2.05) is 32.0 Å². The number of nitrogens with zero attached hydrogens (tertiary/aromatic N) is 1. The molecule has 21 heavy (non-hydrogen) atoms. The van der Waals surface area contributed by atoms with E-state index in [1.165, 1.54) is 23.5 Å². The van der Waals surface area contributed by atoms with Crippen molar-refractivity contribution in [3.8, 4) is 0 Å². The fourth-order valence-corrected chi connectivity index (χ4v) is 3.02. The Labute approximate surface area is 125 Å². The largest absolute Gasteiger partial charge is 0.298 e. The van der Waals surface area contributed by atoms with E-state index in [1.54, 1.807) is 6.07 Å². The number of nitrogens with one attached hydrogen (secondary N) is 1. The van der Waals surface area contributed by atoms with E-state index < -0.39 is 11.7 Å². The predicted octanol–water partition coefficient (Wildman–Crippen LogP) is 4.30. The maximum absolute atomic E-state index is 13.7. The minimum atomic E-state index is -0.532. The molecule has 3 aromatic rings. The molecule has 0 atom stereocenters. The van der Waals surface area contributed by atoms with Gasteiger partial charge in [0.25, 0.3) is 5.91 Å². The highest BCUT2D eigenvalue weighted by molar-refractivity contribution is 7.22. The second kappa shape index (κ2) is 5.26. The molecular weight excluding hydrogens is 287 g/mol. The fourth-order valence-electron chi connectivity index (χ4n) is 2.06. The Bertz CT molecular complexity index is 841. The lowest BCUT2D eigenvalue weighted by Gasteiger charge is -2.04. The van der Waals surface area contributed by atoms with Gasteiger partial charge in [-0.2, -0.15) is 0 Å². The number of hydrogen-bond donors (Lipinski definition) is 1. The number of halogens is 1. The predicted molar refractivity (Wildman–Crippen MR) is 83.4 cm³/mol. The van der Waals surface area contributed by atoms with Gasteiger partial charge in [-0.05, 0) is 43.7 Å². The Kier molecular flexibility index (Phi) is 3.43. The van der Waals surface area contributed by atoms with E-state index in [4.69, 9.17) is 0 Å². The molecule has 0 saturated carbocycles. The lowest BCUT2D eigenvalue weighted by molar-refractivity contribution is 0.102. The van der Waals surface area contributed by atoms with Crippen LogP contribution in [0, 0.1) is 19.7 Å². The van der Waals surface area contributed by atoms with Gasteiger partial charge in [0, 0.05) is 0 Å². The maximum Gasteiger partial charge on any atom is 0.260 e. The zero-order chi connectivity index (χ0) is 15.0. The van der Waals surface area contributed by atoms with Crippen LogP contribution in [0.3, 0.4) is 0 Å². The summed E-state index contributed by atoms with van der Waals surface area (Å²) in [6.07, 6.45) is 0. The molecule has 0 aliphatic carbocycles. The summed E-state index contributed by atoms with van der Waals surface area (Å²) in [6.45, 7) is 3.82. The number of anilines is 1. The number of rotatable bonds is 2. The van der Waals surface area contributed by atoms with Gasteiger partial charge in [0.1, 0.15) is 5.82 Å². The van der Waals surface area contributed by atoms with Gasteiger partial charge >= 0.3 is 0 Å². The zero-order valence-corrected chi connectivity index (χ0v) is 12.4. The summed E-state index contributed by atoms with van der Waals surface area (Å²) in [5.41, 5.74) is 2.83. The molecule has 0 aliphatic rings. The molecule has 0 unspecified atom stereocenters. The molecule has 5 heteroatoms. The van der Waals surface area contributed by atoms with Crippen molar-refractivity contribution in [1.82, 2.24) is 4.98 Å². The first-order valence-corrected chi connectivity index (χ1v) is 7.29. The van der Waals surface area contributed by atoms with E-state index >= 15 is 0 Å². The van der Waals surface area contributed by atoms with Crippen molar-refractivity contribution in [2.24, 2.45) is 0 Å². The Balaban J connectivity index is 1.90. The number of hydrogen-bond acceptors (Lipinski definition) is 3. The summed E-state index contributed by atoms with van der Waals surface area (Å²) in [5, 5.41) is 3.14. The number of fused-ring (bicyclic) bond motifs is 1. The maximum atomic E-state index is 13.7. The number of carbonyl (C=O) groups is 1. The highest BCUT2D eigenvalue weighted by Crippen LogP contribution is 2.27. The summed E-state index contributed by atoms with van der Waals surface area (Å²) in [5.74, 6) is -1.01. The Hall–Kier alpha value is -2.27. The van der Waals surface area contributed by atoms with Gasteiger partial charge in [0.15, 0.2) is 5.13 Å². The molecule has 1 aromatic heterocycles. The second-order valence-electron chi connectivity index (χ2n) is 4.93. The van der Waals surface area contributed by atoms with Crippen LogP contribution in [0.1, 0.15) is 21.5 Å². The summed E-state index contributed by atoms with van der Waals surface area (Å²) in [6, 6.07) is 10.3. The van der Waals surface area contributed by atoms with Gasteiger partial charge in [-0.15, -0.1) is 0 Å². The summed E-state index contributed by atoms with van der Waals surface area (Å²) >= 11 is 1.38. The Morgan fingerprint density at radius 2 is 1.86 bits per heavy atom. The van der Waals surface area contributed by atoms with E-state index in [0.29, 0.717) is 5.13 Å². The second-order valence-corrected chi connectivity index (χ2v) is 5.96. The first-order valence-electron chi connectivity index (χ1n) is 6.47. The van der Waals surface area contributed by atoms with E-state index in [-0.39, 0.29) is 5.56 Å². The highest BCUT2D eigenvalue weighted by atomic mass is 32.1. The van der Waals surface area contributed by atoms with Crippen LogP contribution in [-0.2, 0) is 0 Å². The van der Waals surface area contributed by atoms with Crippen LogP contribution in [-0.4, -0.2) is 10.9 Å². The molecule has 1 heterocycles. The van der Waals surface area contributed by atoms with Crippen LogP contribution < -0.4 is 5.32 Å².